The standard InChI is InChI=1S/C19H24N2O3/c22-13-21-16-11-7-10-15(18(16)23)19-20-12-17(24-19)14-8-5-3-1-2-4-6-9-14/h7,10-14,23H,1-6,8-9H2,(H,21,22). The molecule has 5 nitrogen and oxygen atoms in total. The van der Waals surface area contributed by atoms with Crippen LogP contribution in [0.2, 0.25) is 0 Å². The van der Waals surface area contributed by atoms with E-state index in [0.717, 1.165) is 18.6 Å². The van der Waals surface area contributed by atoms with Gasteiger partial charge < -0.3 is 14.8 Å². The summed E-state index contributed by atoms with van der Waals surface area (Å²) >= 11 is 0. The predicted octanol–water partition coefficient (Wildman–Crippen LogP) is 4.83. The zero-order valence-electron chi connectivity index (χ0n) is 13.8. The molecule has 0 bridgehead atoms. The Balaban J connectivity index is 1.82. The predicted molar refractivity (Wildman–Crippen MR) is 93.0 cm³/mol. The van der Waals surface area contributed by atoms with Gasteiger partial charge in [0.05, 0.1) is 17.4 Å². The van der Waals surface area contributed by atoms with E-state index in [-0.39, 0.29) is 5.75 Å². The van der Waals surface area contributed by atoms with Crippen LogP contribution in [0.25, 0.3) is 11.5 Å². The van der Waals surface area contributed by atoms with Crippen LogP contribution < -0.4 is 5.32 Å². The minimum Gasteiger partial charge on any atom is -0.505 e. The summed E-state index contributed by atoms with van der Waals surface area (Å²) in [5.74, 6) is 1.69. The van der Waals surface area contributed by atoms with Crippen LogP contribution in [-0.2, 0) is 4.79 Å². The number of amides is 1. The van der Waals surface area contributed by atoms with Crippen molar-refractivity contribution in [1.29, 1.82) is 0 Å². The van der Waals surface area contributed by atoms with Gasteiger partial charge in [-0.2, -0.15) is 0 Å². The molecule has 0 unspecified atom stereocenters. The zero-order valence-corrected chi connectivity index (χ0v) is 13.8. The Morgan fingerprint density at radius 2 is 1.83 bits per heavy atom. The number of carbonyl (C=O) groups is 1. The molecule has 1 aliphatic carbocycles. The molecule has 128 valence electrons. The summed E-state index contributed by atoms with van der Waals surface area (Å²) < 4.78 is 5.97. The van der Waals surface area contributed by atoms with Gasteiger partial charge in [-0.25, -0.2) is 4.98 Å². The third kappa shape index (κ3) is 3.78. The van der Waals surface area contributed by atoms with Crippen molar-refractivity contribution < 1.29 is 14.3 Å². The van der Waals surface area contributed by atoms with Gasteiger partial charge in [0.1, 0.15) is 5.76 Å². The minimum atomic E-state index is -0.0209. The summed E-state index contributed by atoms with van der Waals surface area (Å²) in [7, 11) is 0. The van der Waals surface area contributed by atoms with Crippen molar-refractivity contribution in [2.45, 2.75) is 57.3 Å². The average molecular weight is 328 g/mol. The topological polar surface area (TPSA) is 75.4 Å². The highest BCUT2D eigenvalue weighted by Gasteiger charge is 2.20. The highest BCUT2D eigenvalue weighted by atomic mass is 16.4. The summed E-state index contributed by atoms with van der Waals surface area (Å²) in [6.07, 6.45) is 12.3. The van der Waals surface area contributed by atoms with Gasteiger partial charge >= 0.3 is 0 Å². The van der Waals surface area contributed by atoms with Crippen molar-refractivity contribution in [1.82, 2.24) is 4.98 Å². The van der Waals surface area contributed by atoms with Crippen molar-refractivity contribution in [2.75, 3.05) is 5.32 Å². The number of aromatic nitrogens is 1. The van der Waals surface area contributed by atoms with E-state index < -0.39 is 0 Å². The summed E-state index contributed by atoms with van der Waals surface area (Å²) in [6, 6.07) is 5.13. The van der Waals surface area contributed by atoms with E-state index in [0.29, 0.717) is 29.5 Å². The Labute approximate surface area is 142 Å². The lowest BCUT2D eigenvalue weighted by Crippen LogP contribution is -1.97. The van der Waals surface area contributed by atoms with E-state index in [1.165, 1.54) is 38.5 Å². The second-order valence-electron chi connectivity index (χ2n) is 6.43. The molecule has 0 spiro atoms. The molecular weight excluding hydrogens is 304 g/mol. The SMILES string of the molecule is O=CNc1cccc(-c2ncc(C3CCCCCCCC3)o2)c1O. The van der Waals surface area contributed by atoms with Crippen molar-refractivity contribution >= 4 is 12.1 Å². The number of phenols is 1. The first kappa shape index (κ1) is 16.6. The largest absolute Gasteiger partial charge is 0.505 e. The van der Waals surface area contributed by atoms with Crippen molar-refractivity contribution in [3.05, 3.63) is 30.2 Å². The van der Waals surface area contributed by atoms with Crippen LogP contribution in [0.5, 0.6) is 5.75 Å². The fraction of sp³-hybridized carbons (Fsp3) is 0.474. The molecule has 3 rings (SSSR count). The van der Waals surface area contributed by atoms with Gasteiger partial charge in [0.25, 0.3) is 0 Å². The maximum atomic E-state index is 10.6. The number of nitrogens with one attached hydrogen (secondary N) is 1. The first-order valence-corrected chi connectivity index (χ1v) is 8.78. The summed E-state index contributed by atoms with van der Waals surface area (Å²) in [5, 5.41) is 12.8. The molecule has 0 saturated heterocycles. The first-order chi connectivity index (χ1) is 11.8. The van der Waals surface area contributed by atoms with Gasteiger partial charge in [-0.3, -0.25) is 4.79 Å². The van der Waals surface area contributed by atoms with Crippen molar-refractivity contribution in [2.24, 2.45) is 0 Å². The number of benzene rings is 1. The normalized spacial score (nSPS) is 16.8. The van der Waals surface area contributed by atoms with Gasteiger partial charge in [-0.05, 0) is 25.0 Å². The van der Waals surface area contributed by atoms with Crippen LogP contribution in [0.15, 0.2) is 28.8 Å². The monoisotopic (exact) mass is 328 g/mol. The van der Waals surface area contributed by atoms with Crippen molar-refractivity contribution in [3.63, 3.8) is 0 Å². The average Bonchev–Trinajstić information content (AvgIpc) is 3.10. The number of aromatic hydroxyl groups is 1. The number of nitrogens with zero attached hydrogens (tertiary/aromatic N) is 1. The lowest BCUT2D eigenvalue weighted by molar-refractivity contribution is -0.105. The van der Waals surface area contributed by atoms with Gasteiger partial charge in [0, 0.05) is 5.92 Å². The number of carbonyl (C=O) groups excluding carboxylic acids is 1. The van der Waals surface area contributed by atoms with Crippen LogP contribution in [-0.4, -0.2) is 16.5 Å². The number of hydrogen-bond acceptors (Lipinski definition) is 4. The number of hydrogen-bond donors (Lipinski definition) is 2. The molecule has 1 aliphatic rings. The molecule has 0 radical (unpaired) electrons. The van der Waals surface area contributed by atoms with Crippen molar-refractivity contribution in [3.8, 4) is 17.2 Å². The Morgan fingerprint density at radius 3 is 2.54 bits per heavy atom. The van der Waals surface area contributed by atoms with Crippen LogP contribution in [0.3, 0.4) is 0 Å². The minimum absolute atomic E-state index is 0.0209. The molecule has 5 heteroatoms. The first-order valence-electron chi connectivity index (χ1n) is 8.78. The highest BCUT2D eigenvalue weighted by Crippen LogP contribution is 2.37. The molecule has 1 saturated carbocycles. The smallest absolute Gasteiger partial charge is 0.230 e. The second-order valence-corrected chi connectivity index (χ2v) is 6.43. The van der Waals surface area contributed by atoms with E-state index in [9.17, 15) is 9.90 Å². The Morgan fingerprint density at radius 1 is 1.12 bits per heavy atom. The Hall–Kier alpha value is -2.30. The number of phenolic OH excluding ortho intramolecular Hbond substituents is 1. The van der Waals surface area contributed by atoms with Gasteiger partial charge in [-0.1, -0.05) is 44.6 Å². The molecule has 2 N–H and O–H groups in total. The van der Waals surface area contributed by atoms with Gasteiger partial charge in [0.2, 0.25) is 12.3 Å². The molecular formula is C19H24N2O3. The van der Waals surface area contributed by atoms with E-state index in [2.05, 4.69) is 10.3 Å². The molecule has 2 aromatic rings. The van der Waals surface area contributed by atoms with Gasteiger partial charge in [-0.15, -0.1) is 0 Å². The van der Waals surface area contributed by atoms with E-state index >= 15 is 0 Å². The molecule has 24 heavy (non-hydrogen) atoms. The molecule has 0 atom stereocenters. The molecule has 0 aliphatic heterocycles. The van der Waals surface area contributed by atoms with E-state index in [1.54, 1.807) is 24.4 Å². The number of rotatable bonds is 4. The lowest BCUT2D eigenvalue weighted by atomic mass is 9.95. The molecule has 1 aromatic heterocycles. The van der Waals surface area contributed by atoms with Crippen LogP contribution in [0.4, 0.5) is 5.69 Å². The quantitative estimate of drug-likeness (QED) is 0.622. The fourth-order valence-corrected chi connectivity index (χ4v) is 3.41. The van der Waals surface area contributed by atoms with E-state index in [1.807, 2.05) is 0 Å². The number of oxazole rings is 1. The highest BCUT2D eigenvalue weighted by molar-refractivity contribution is 5.81. The van der Waals surface area contributed by atoms with Gasteiger partial charge in [0.15, 0.2) is 5.75 Å². The summed E-state index contributed by atoms with van der Waals surface area (Å²) in [6.45, 7) is 0. The van der Waals surface area contributed by atoms with E-state index in [4.69, 9.17) is 4.42 Å². The summed E-state index contributed by atoms with van der Waals surface area (Å²) in [5.41, 5.74) is 0.848. The second kappa shape index (κ2) is 7.99. The summed E-state index contributed by atoms with van der Waals surface area (Å²) in [4.78, 5) is 15.0. The maximum absolute atomic E-state index is 10.6. The zero-order chi connectivity index (χ0) is 16.8. The maximum Gasteiger partial charge on any atom is 0.230 e. The number of anilines is 1. The number of para-hydroxylation sites is 1. The molecule has 1 aromatic carbocycles. The molecule has 1 amide bonds. The Kier molecular flexibility index (Phi) is 5.51. The van der Waals surface area contributed by atoms with Crippen LogP contribution in [0, 0.1) is 0 Å². The fourth-order valence-electron chi connectivity index (χ4n) is 3.41. The third-order valence-corrected chi connectivity index (χ3v) is 4.76. The molecule has 1 heterocycles. The van der Waals surface area contributed by atoms with Crippen LogP contribution in [0.1, 0.15) is 63.0 Å². The third-order valence-electron chi connectivity index (χ3n) is 4.76. The van der Waals surface area contributed by atoms with Crippen LogP contribution >= 0.6 is 0 Å². The Bertz CT molecular complexity index is 671. The molecule has 1 fully saturated rings. The lowest BCUT2D eigenvalue weighted by Gasteiger charge is -2.12.